The van der Waals surface area contributed by atoms with Gasteiger partial charge in [0.2, 0.25) is 0 Å². The summed E-state index contributed by atoms with van der Waals surface area (Å²) in [7, 11) is 0. The monoisotopic (exact) mass is 189 g/mol. The zero-order valence-electron chi connectivity index (χ0n) is 7.48. The summed E-state index contributed by atoms with van der Waals surface area (Å²) in [4.78, 5) is 21.8. The molecule has 0 atom stereocenters. The van der Waals surface area contributed by atoms with Crippen molar-refractivity contribution in [2.45, 2.75) is 6.92 Å². The van der Waals surface area contributed by atoms with Crippen molar-refractivity contribution in [2.24, 2.45) is 5.18 Å². The van der Waals surface area contributed by atoms with Crippen LogP contribution < -0.4 is 5.63 Å². The molecule has 4 heteroatoms. The summed E-state index contributed by atoms with van der Waals surface area (Å²) in [6, 6.07) is 4.88. The number of rotatable bonds is 1. The van der Waals surface area contributed by atoms with Crippen LogP contribution in [0.4, 0.5) is 5.69 Å². The fourth-order valence-electron chi connectivity index (χ4n) is 1.41. The third-order valence-electron chi connectivity index (χ3n) is 2.14. The first kappa shape index (κ1) is 8.62. The highest BCUT2D eigenvalue weighted by Gasteiger charge is 2.07. The van der Waals surface area contributed by atoms with Crippen molar-refractivity contribution >= 4 is 16.5 Å². The first-order valence-corrected chi connectivity index (χ1v) is 4.08. The van der Waals surface area contributed by atoms with Crippen molar-refractivity contribution in [3.8, 4) is 0 Å². The lowest BCUT2D eigenvalue weighted by Gasteiger charge is -2.00. The molecule has 1 aromatic carbocycles. The topological polar surface area (TPSA) is 59.6 Å². The molecule has 0 radical (unpaired) electrons. The summed E-state index contributed by atoms with van der Waals surface area (Å²) < 4.78 is 4.68. The van der Waals surface area contributed by atoms with Gasteiger partial charge in [-0.3, -0.25) is 0 Å². The van der Waals surface area contributed by atoms with Crippen LogP contribution in [-0.4, -0.2) is 0 Å². The van der Waals surface area contributed by atoms with Gasteiger partial charge in [0.1, 0.15) is 5.69 Å². The van der Waals surface area contributed by atoms with Crippen molar-refractivity contribution in [1.29, 1.82) is 0 Å². The third kappa shape index (κ3) is 1.12. The van der Waals surface area contributed by atoms with Gasteiger partial charge >= 0.3 is 5.63 Å². The lowest BCUT2D eigenvalue weighted by Crippen LogP contribution is -1.97. The van der Waals surface area contributed by atoms with Crippen LogP contribution in [0.1, 0.15) is 5.56 Å². The number of hydrogen-bond acceptors (Lipinski definition) is 4. The summed E-state index contributed by atoms with van der Waals surface area (Å²) in [5.74, 6) is 0. The highest BCUT2D eigenvalue weighted by Crippen LogP contribution is 2.27. The van der Waals surface area contributed by atoms with E-state index in [1.807, 2.05) is 0 Å². The SMILES string of the molecule is Cc1ccc2c(=O)occc2c1N=O. The van der Waals surface area contributed by atoms with E-state index in [2.05, 4.69) is 9.59 Å². The van der Waals surface area contributed by atoms with E-state index in [1.165, 1.54) is 6.26 Å². The molecule has 0 bridgehead atoms. The Morgan fingerprint density at radius 3 is 2.71 bits per heavy atom. The molecule has 0 aliphatic rings. The van der Waals surface area contributed by atoms with Gasteiger partial charge in [-0.05, 0) is 29.8 Å². The van der Waals surface area contributed by atoms with Gasteiger partial charge in [0.05, 0.1) is 11.6 Å². The number of nitrogens with zero attached hydrogens (tertiary/aromatic N) is 1. The van der Waals surface area contributed by atoms with Crippen LogP contribution in [0.5, 0.6) is 0 Å². The molecule has 0 aliphatic heterocycles. The van der Waals surface area contributed by atoms with E-state index in [0.717, 1.165) is 5.56 Å². The van der Waals surface area contributed by atoms with Gasteiger partial charge in [0, 0.05) is 5.39 Å². The summed E-state index contributed by atoms with van der Waals surface area (Å²) in [5.41, 5.74) is 0.598. The molecule has 0 saturated carbocycles. The zero-order valence-corrected chi connectivity index (χ0v) is 7.48. The Kier molecular flexibility index (Phi) is 1.89. The summed E-state index contributed by atoms with van der Waals surface area (Å²) >= 11 is 0. The number of hydrogen-bond donors (Lipinski definition) is 0. The minimum atomic E-state index is -0.451. The second kappa shape index (κ2) is 3.06. The lowest BCUT2D eigenvalue weighted by molar-refractivity contribution is 0.519. The van der Waals surface area contributed by atoms with Gasteiger partial charge in [0.15, 0.2) is 0 Å². The molecule has 1 aromatic heterocycles. The average Bonchev–Trinajstić information content (AvgIpc) is 2.18. The Bertz CT molecular complexity index is 557. The molecule has 0 aliphatic carbocycles. The summed E-state index contributed by atoms with van der Waals surface area (Å²) in [6.07, 6.45) is 1.26. The predicted molar refractivity (Wildman–Crippen MR) is 52.7 cm³/mol. The standard InChI is InChI=1S/C10H7NO3/c1-6-2-3-8-7(9(6)11-13)4-5-14-10(8)12/h2-5H,1H3. The Morgan fingerprint density at radius 1 is 1.21 bits per heavy atom. The number of fused-ring (bicyclic) bond motifs is 1. The second-order valence-corrected chi connectivity index (χ2v) is 2.99. The fraction of sp³-hybridized carbons (Fsp3) is 0.100. The van der Waals surface area contributed by atoms with Crippen LogP contribution in [0.2, 0.25) is 0 Å². The van der Waals surface area contributed by atoms with Crippen LogP contribution in [-0.2, 0) is 0 Å². The molecule has 0 saturated heterocycles. The van der Waals surface area contributed by atoms with E-state index < -0.39 is 5.63 Å². The largest absolute Gasteiger partial charge is 0.431 e. The smallest absolute Gasteiger partial charge is 0.343 e. The molecule has 70 valence electrons. The average molecular weight is 189 g/mol. The van der Waals surface area contributed by atoms with E-state index in [9.17, 15) is 9.70 Å². The molecule has 0 amide bonds. The van der Waals surface area contributed by atoms with E-state index in [0.29, 0.717) is 16.5 Å². The van der Waals surface area contributed by atoms with Crippen molar-refractivity contribution < 1.29 is 4.42 Å². The van der Waals surface area contributed by atoms with Gasteiger partial charge in [0.25, 0.3) is 0 Å². The van der Waals surface area contributed by atoms with Crippen molar-refractivity contribution in [2.75, 3.05) is 0 Å². The van der Waals surface area contributed by atoms with Gasteiger partial charge < -0.3 is 4.42 Å². The highest BCUT2D eigenvalue weighted by atomic mass is 16.4. The van der Waals surface area contributed by atoms with Crippen LogP contribution in [0.3, 0.4) is 0 Å². The van der Waals surface area contributed by atoms with E-state index in [1.54, 1.807) is 25.1 Å². The van der Waals surface area contributed by atoms with Crippen LogP contribution in [0.25, 0.3) is 10.8 Å². The number of aryl methyl sites for hydroxylation is 1. The van der Waals surface area contributed by atoms with Gasteiger partial charge in [-0.2, -0.15) is 0 Å². The maximum absolute atomic E-state index is 11.2. The van der Waals surface area contributed by atoms with Gasteiger partial charge in [-0.15, -0.1) is 4.91 Å². The maximum Gasteiger partial charge on any atom is 0.343 e. The quantitative estimate of drug-likeness (QED) is 0.647. The Labute approximate surface area is 79.1 Å². The van der Waals surface area contributed by atoms with Gasteiger partial charge in [-0.1, -0.05) is 6.07 Å². The summed E-state index contributed by atoms with van der Waals surface area (Å²) in [6.45, 7) is 1.77. The molecule has 2 rings (SSSR count). The molecular weight excluding hydrogens is 182 g/mol. The zero-order chi connectivity index (χ0) is 10.1. The first-order chi connectivity index (χ1) is 6.74. The molecule has 0 unspecified atom stereocenters. The summed E-state index contributed by atoms with van der Waals surface area (Å²) in [5, 5.41) is 3.83. The van der Waals surface area contributed by atoms with E-state index in [-0.39, 0.29) is 0 Å². The Balaban J connectivity index is 3.03. The molecule has 4 nitrogen and oxygen atoms in total. The van der Waals surface area contributed by atoms with Crippen molar-refractivity contribution in [3.63, 3.8) is 0 Å². The predicted octanol–water partition coefficient (Wildman–Crippen LogP) is 2.50. The van der Waals surface area contributed by atoms with Crippen LogP contribution in [0, 0.1) is 11.8 Å². The maximum atomic E-state index is 11.2. The second-order valence-electron chi connectivity index (χ2n) is 2.99. The molecular formula is C10H7NO3. The Hall–Kier alpha value is -1.97. The lowest BCUT2D eigenvalue weighted by atomic mass is 10.1. The van der Waals surface area contributed by atoms with Gasteiger partial charge in [-0.25, -0.2) is 4.79 Å². The van der Waals surface area contributed by atoms with E-state index >= 15 is 0 Å². The minimum absolute atomic E-state index is 0.301. The first-order valence-electron chi connectivity index (χ1n) is 4.08. The Morgan fingerprint density at radius 2 is 2.00 bits per heavy atom. The molecule has 2 aromatic rings. The normalized spacial score (nSPS) is 10.4. The minimum Gasteiger partial charge on any atom is -0.431 e. The van der Waals surface area contributed by atoms with Crippen LogP contribution in [0.15, 0.2) is 38.9 Å². The molecule has 0 fully saturated rings. The molecule has 0 N–H and O–H groups in total. The molecule has 1 heterocycles. The molecule has 0 spiro atoms. The molecule has 14 heavy (non-hydrogen) atoms. The van der Waals surface area contributed by atoms with Crippen LogP contribution >= 0.6 is 0 Å². The number of nitroso groups, excluding NO2 is 1. The third-order valence-corrected chi connectivity index (χ3v) is 2.14. The number of benzene rings is 1. The van der Waals surface area contributed by atoms with E-state index in [4.69, 9.17) is 0 Å². The van der Waals surface area contributed by atoms with Crippen molar-refractivity contribution in [1.82, 2.24) is 0 Å². The fourth-order valence-corrected chi connectivity index (χ4v) is 1.41. The highest BCUT2D eigenvalue weighted by molar-refractivity contribution is 5.92. The van der Waals surface area contributed by atoms with Crippen molar-refractivity contribution in [3.05, 3.63) is 45.4 Å².